The molecular formula is C13H18N4O2. The van der Waals surface area contributed by atoms with Gasteiger partial charge < -0.3 is 15.5 Å². The third kappa shape index (κ3) is 3.01. The van der Waals surface area contributed by atoms with Gasteiger partial charge in [0.05, 0.1) is 5.69 Å². The molecule has 1 aliphatic heterocycles. The van der Waals surface area contributed by atoms with Gasteiger partial charge in [-0.2, -0.15) is 0 Å². The molecule has 2 rings (SSSR count). The minimum atomic E-state index is -0.675. The molecule has 2 N–H and O–H groups in total. The van der Waals surface area contributed by atoms with Crippen molar-refractivity contribution < 1.29 is 9.59 Å². The van der Waals surface area contributed by atoms with Gasteiger partial charge in [-0.3, -0.25) is 9.78 Å². The van der Waals surface area contributed by atoms with Crippen molar-refractivity contribution in [3.05, 3.63) is 30.1 Å². The third-order valence-electron chi connectivity index (χ3n) is 2.85. The summed E-state index contributed by atoms with van der Waals surface area (Å²) in [5, 5.41) is 5.55. The van der Waals surface area contributed by atoms with Crippen molar-refractivity contribution in [2.24, 2.45) is 0 Å². The zero-order valence-electron chi connectivity index (χ0n) is 11.1. The average molecular weight is 262 g/mol. The van der Waals surface area contributed by atoms with Gasteiger partial charge in [-0.05, 0) is 26.0 Å². The largest absolute Gasteiger partial charge is 0.352 e. The van der Waals surface area contributed by atoms with E-state index in [1.54, 1.807) is 18.3 Å². The molecule has 3 amide bonds. The van der Waals surface area contributed by atoms with E-state index in [1.165, 1.54) is 4.90 Å². The maximum absolute atomic E-state index is 12.3. The predicted octanol–water partition coefficient (Wildman–Crippen LogP) is 0.672. The van der Waals surface area contributed by atoms with Gasteiger partial charge >= 0.3 is 6.03 Å². The fourth-order valence-corrected chi connectivity index (χ4v) is 2.07. The second-order valence-electron chi connectivity index (χ2n) is 4.75. The van der Waals surface area contributed by atoms with Crippen LogP contribution in [0.4, 0.5) is 4.79 Å². The van der Waals surface area contributed by atoms with Crippen LogP contribution in [0.1, 0.15) is 25.6 Å². The number of carbonyl (C=O) groups is 2. The molecule has 0 spiro atoms. The van der Waals surface area contributed by atoms with Crippen molar-refractivity contribution in [1.82, 2.24) is 20.5 Å². The third-order valence-corrected chi connectivity index (χ3v) is 2.85. The average Bonchev–Trinajstić information content (AvgIpc) is 2.76. The second kappa shape index (κ2) is 5.69. The maximum Gasteiger partial charge on any atom is 0.318 e. The number of amides is 3. The van der Waals surface area contributed by atoms with Crippen LogP contribution >= 0.6 is 0 Å². The molecule has 102 valence electrons. The van der Waals surface area contributed by atoms with Gasteiger partial charge in [0.15, 0.2) is 6.04 Å². The molecule has 0 aromatic carbocycles. The Hall–Kier alpha value is -2.11. The summed E-state index contributed by atoms with van der Waals surface area (Å²) in [5.41, 5.74) is 0.581. The summed E-state index contributed by atoms with van der Waals surface area (Å²) in [5.74, 6) is -0.203. The van der Waals surface area contributed by atoms with Crippen molar-refractivity contribution in [1.29, 1.82) is 0 Å². The van der Waals surface area contributed by atoms with Crippen molar-refractivity contribution in [2.45, 2.75) is 25.9 Å². The topological polar surface area (TPSA) is 74.3 Å². The molecule has 0 aliphatic carbocycles. The van der Waals surface area contributed by atoms with E-state index in [1.807, 2.05) is 19.9 Å². The highest BCUT2D eigenvalue weighted by molar-refractivity contribution is 5.88. The number of carbonyl (C=O) groups excluding carboxylic acids is 2. The van der Waals surface area contributed by atoms with E-state index in [4.69, 9.17) is 0 Å². The van der Waals surface area contributed by atoms with E-state index in [2.05, 4.69) is 15.6 Å². The summed E-state index contributed by atoms with van der Waals surface area (Å²) in [6.07, 6.45) is 1.62. The quantitative estimate of drug-likeness (QED) is 0.837. The first-order valence-corrected chi connectivity index (χ1v) is 6.35. The Kier molecular flexibility index (Phi) is 3.99. The van der Waals surface area contributed by atoms with Gasteiger partial charge in [-0.15, -0.1) is 0 Å². The molecule has 1 atom stereocenters. The SMILES string of the molecule is CC(C)NC(=O)C(c1ccccn1)N1CCNC1=O. The normalized spacial score (nSPS) is 16.4. The van der Waals surface area contributed by atoms with E-state index in [0.717, 1.165) is 0 Å². The van der Waals surface area contributed by atoms with Crippen LogP contribution in [-0.4, -0.2) is 41.0 Å². The minimum absolute atomic E-state index is 0.0179. The van der Waals surface area contributed by atoms with E-state index in [9.17, 15) is 9.59 Å². The number of pyridine rings is 1. The lowest BCUT2D eigenvalue weighted by atomic mass is 10.1. The van der Waals surface area contributed by atoms with Crippen LogP contribution in [0.25, 0.3) is 0 Å². The highest BCUT2D eigenvalue weighted by Crippen LogP contribution is 2.21. The lowest BCUT2D eigenvalue weighted by Crippen LogP contribution is -2.44. The number of aromatic nitrogens is 1. The van der Waals surface area contributed by atoms with Gasteiger partial charge in [0.25, 0.3) is 0 Å². The van der Waals surface area contributed by atoms with E-state index >= 15 is 0 Å². The molecule has 0 radical (unpaired) electrons. The van der Waals surface area contributed by atoms with Crippen molar-refractivity contribution in [3.63, 3.8) is 0 Å². The summed E-state index contributed by atoms with van der Waals surface area (Å²) in [6, 6.07) is 4.47. The summed E-state index contributed by atoms with van der Waals surface area (Å²) in [7, 11) is 0. The Morgan fingerprint density at radius 1 is 1.47 bits per heavy atom. The Morgan fingerprint density at radius 3 is 2.79 bits per heavy atom. The van der Waals surface area contributed by atoms with E-state index in [0.29, 0.717) is 18.8 Å². The number of hydrogen-bond acceptors (Lipinski definition) is 3. The number of rotatable bonds is 4. The van der Waals surface area contributed by atoms with Gasteiger partial charge in [0.2, 0.25) is 5.91 Å². The van der Waals surface area contributed by atoms with Crippen LogP contribution in [0.15, 0.2) is 24.4 Å². The van der Waals surface area contributed by atoms with Gasteiger partial charge in [-0.25, -0.2) is 4.79 Å². The second-order valence-corrected chi connectivity index (χ2v) is 4.75. The van der Waals surface area contributed by atoms with Gasteiger partial charge in [-0.1, -0.05) is 6.07 Å². The zero-order valence-corrected chi connectivity index (χ0v) is 11.1. The van der Waals surface area contributed by atoms with Gasteiger partial charge in [0, 0.05) is 25.3 Å². The smallest absolute Gasteiger partial charge is 0.318 e. The fraction of sp³-hybridized carbons (Fsp3) is 0.462. The molecule has 1 aliphatic rings. The van der Waals surface area contributed by atoms with Crippen LogP contribution in [0, 0.1) is 0 Å². The number of nitrogens with one attached hydrogen (secondary N) is 2. The predicted molar refractivity (Wildman–Crippen MR) is 70.4 cm³/mol. The first kappa shape index (κ1) is 13.3. The highest BCUT2D eigenvalue weighted by Gasteiger charge is 2.35. The molecule has 1 fully saturated rings. The Bertz CT molecular complexity index is 461. The number of nitrogens with zero attached hydrogens (tertiary/aromatic N) is 2. The van der Waals surface area contributed by atoms with Crippen LogP contribution in [-0.2, 0) is 4.79 Å². The molecule has 0 bridgehead atoms. The van der Waals surface area contributed by atoms with E-state index in [-0.39, 0.29) is 18.0 Å². The van der Waals surface area contributed by atoms with Crippen LogP contribution in [0.2, 0.25) is 0 Å². The van der Waals surface area contributed by atoms with Crippen molar-refractivity contribution in [3.8, 4) is 0 Å². The molecule has 6 heteroatoms. The van der Waals surface area contributed by atoms with Crippen LogP contribution in [0.5, 0.6) is 0 Å². The first-order valence-electron chi connectivity index (χ1n) is 6.35. The molecule has 6 nitrogen and oxygen atoms in total. The fourth-order valence-electron chi connectivity index (χ4n) is 2.07. The summed E-state index contributed by atoms with van der Waals surface area (Å²) < 4.78 is 0. The molecular weight excluding hydrogens is 244 g/mol. The Labute approximate surface area is 112 Å². The molecule has 1 aromatic heterocycles. The van der Waals surface area contributed by atoms with Crippen LogP contribution in [0.3, 0.4) is 0 Å². The van der Waals surface area contributed by atoms with Gasteiger partial charge in [0.1, 0.15) is 0 Å². The number of hydrogen-bond donors (Lipinski definition) is 2. The molecule has 1 aromatic rings. The zero-order chi connectivity index (χ0) is 13.8. The molecule has 19 heavy (non-hydrogen) atoms. The van der Waals surface area contributed by atoms with Crippen LogP contribution < -0.4 is 10.6 Å². The lowest BCUT2D eigenvalue weighted by Gasteiger charge is -2.26. The van der Waals surface area contributed by atoms with Crippen molar-refractivity contribution >= 4 is 11.9 Å². The Balaban J connectivity index is 2.28. The summed E-state index contributed by atoms with van der Waals surface area (Å²) in [4.78, 5) is 29.8. The van der Waals surface area contributed by atoms with E-state index < -0.39 is 6.04 Å². The Morgan fingerprint density at radius 2 is 2.26 bits per heavy atom. The molecule has 1 unspecified atom stereocenters. The molecule has 2 heterocycles. The molecule has 0 saturated carbocycles. The number of urea groups is 1. The summed E-state index contributed by atoms with van der Waals surface area (Å²) >= 11 is 0. The minimum Gasteiger partial charge on any atom is -0.352 e. The van der Waals surface area contributed by atoms with Crippen molar-refractivity contribution in [2.75, 3.05) is 13.1 Å². The first-order chi connectivity index (χ1) is 9.09. The monoisotopic (exact) mass is 262 g/mol. The lowest BCUT2D eigenvalue weighted by molar-refractivity contribution is -0.126. The highest BCUT2D eigenvalue weighted by atomic mass is 16.2. The summed E-state index contributed by atoms with van der Waals surface area (Å²) in [6.45, 7) is 4.83. The molecule has 1 saturated heterocycles. The maximum atomic E-state index is 12.3. The standard InChI is InChI=1S/C13H18N4O2/c1-9(2)16-12(18)11(10-5-3-4-6-14-10)17-8-7-15-13(17)19/h3-6,9,11H,7-8H2,1-2H3,(H,15,19)(H,16,18).